The topological polar surface area (TPSA) is 110 Å². The number of hydrogen-bond acceptors (Lipinski definition) is 6. The maximum absolute atomic E-state index is 15.3. The first kappa shape index (κ1) is 29.3. The van der Waals surface area contributed by atoms with E-state index in [0.717, 1.165) is 25.3 Å². The fourth-order valence-electron chi connectivity index (χ4n) is 5.42. The predicted octanol–water partition coefficient (Wildman–Crippen LogP) is 6.09. The molecule has 1 saturated heterocycles. The van der Waals surface area contributed by atoms with Crippen molar-refractivity contribution in [1.29, 1.82) is 0 Å². The number of ether oxygens (including phenoxy) is 1. The molecule has 41 heavy (non-hydrogen) atoms. The highest BCUT2D eigenvalue weighted by molar-refractivity contribution is 6.31. The minimum Gasteiger partial charge on any atom is -0.444 e. The lowest BCUT2D eigenvalue weighted by Gasteiger charge is -2.29. The summed E-state index contributed by atoms with van der Waals surface area (Å²) in [6.45, 7) is 5.85. The molecule has 1 saturated carbocycles. The number of nitrogens with one attached hydrogen (secondary N) is 1. The van der Waals surface area contributed by atoms with Crippen molar-refractivity contribution in [2.24, 2.45) is 11.8 Å². The molecule has 2 fully saturated rings. The number of aliphatic hydroxyl groups is 1. The van der Waals surface area contributed by atoms with Crippen LogP contribution in [0.4, 0.5) is 14.9 Å². The van der Waals surface area contributed by atoms with Crippen molar-refractivity contribution in [1.82, 2.24) is 19.9 Å². The maximum Gasteiger partial charge on any atom is 0.412 e. The summed E-state index contributed by atoms with van der Waals surface area (Å²) in [4.78, 5) is 28.1. The van der Waals surface area contributed by atoms with Crippen molar-refractivity contribution in [3.8, 4) is 0 Å². The smallest absolute Gasteiger partial charge is 0.412 e. The second kappa shape index (κ2) is 11.6. The number of anilines is 1. The number of aromatic nitrogens is 3. The van der Waals surface area contributed by atoms with Crippen molar-refractivity contribution < 1.29 is 23.8 Å². The molecular weight excluding hydrogens is 572 g/mol. The molecule has 0 radical (unpaired) electrons. The van der Waals surface area contributed by atoms with Crippen LogP contribution in [0.25, 0.3) is 0 Å². The molecule has 2 aromatic carbocycles. The number of hydrogen-bond donors (Lipinski definition) is 2. The second-order valence-corrected chi connectivity index (χ2v) is 12.5. The van der Waals surface area contributed by atoms with E-state index in [-0.39, 0.29) is 28.2 Å². The molecule has 1 aromatic heterocycles. The van der Waals surface area contributed by atoms with Gasteiger partial charge in [-0.05, 0) is 81.7 Å². The van der Waals surface area contributed by atoms with E-state index in [1.165, 1.54) is 6.07 Å². The Morgan fingerprint density at radius 1 is 1.15 bits per heavy atom. The average Bonchev–Trinajstić information content (AvgIpc) is 3.47. The number of carbonyl (C=O) groups excluding carboxylic acids is 2. The molecule has 0 bridgehead atoms. The molecule has 1 aliphatic heterocycles. The molecule has 12 heteroatoms. The highest BCUT2D eigenvalue weighted by atomic mass is 35.5. The van der Waals surface area contributed by atoms with Crippen molar-refractivity contribution in [3.05, 3.63) is 75.3 Å². The van der Waals surface area contributed by atoms with E-state index in [4.69, 9.17) is 27.9 Å². The Morgan fingerprint density at radius 3 is 2.51 bits per heavy atom. The van der Waals surface area contributed by atoms with Gasteiger partial charge in [0.2, 0.25) is 0 Å². The summed E-state index contributed by atoms with van der Waals surface area (Å²) in [6, 6.07) is 8.92. The van der Waals surface area contributed by atoms with Gasteiger partial charge in [0.15, 0.2) is 0 Å². The Bertz CT molecular complexity index is 1440. The second-order valence-electron chi connectivity index (χ2n) is 11.6. The zero-order chi connectivity index (χ0) is 29.5. The van der Waals surface area contributed by atoms with Crippen LogP contribution in [0.1, 0.15) is 67.8 Å². The molecule has 1 aliphatic carbocycles. The van der Waals surface area contributed by atoms with Crippen LogP contribution in [0.2, 0.25) is 10.0 Å². The summed E-state index contributed by atoms with van der Waals surface area (Å²) in [6.07, 6.45) is 2.74. The third-order valence-corrected chi connectivity index (χ3v) is 7.86. The molecular formula is C29H32Cl2FN5O4. The Hall–Kier alpha value is -3.21. The summed E-state index contributed by atoms with van der Waals surface area (Å²) < 4.78 is 22.2. The number of halogens is 3. The van der Waals surface area contributed by atoms with Crippen LogP contribution in [0, 0.1) is 17.7 Å². The highest BCUT2D eigenvalue weighted by Crippen LogP contribution is 2.45. The fraction of sp³-hybridized carbons (Fsp3) is 0.448. The van der Waals surface area contributed by atoms with Crippen molar-refractivity contribution in [2.75, 3.05) is 11.9 Å². The first-order chi connectivity index (χ1) is 19.4. The third kappa shape index (κ3) is 6.82. The number of nitrogens with zero attached hydrogens (tertiary/aromatic N) is 4. The van der Waals surface area contributed by atoms with E-state index in [1.807, 2.05) is 0 Å². The molecule has 3 aromatic rings. The Balaban J connectivity index is 1.40. The SMILES string of the molecule is CC(C)(C)OC(=O)Nc1cc(Cl)cc(F)c1C(=O)N1CCC(C2CC2)C1Cn1cc(C(O)c2ccc(Cl)cc2)nn1. The lowest BCUT2D eigenvalue weighted by molar-refractivity contribution is 0.0636. The summed E-state index contributed by atoms with van der Waals surface area (Å²) in [5, 5.41) is 22.3. The largest absolute Gasteiger partial charge is 0.444 e. The number of benzene rings is 2. The van der Waals surface area contributed by atoms with Crippen LogP contribution in [0.3, 0.4) is 0 Å². The summed E-state index contributed by atoms with van der Waals surface area (Å²) in [5.41, 5.74) is -0.145. The Kier molecular flexibility index (Phi) is 8.27. The van der Waals surface area contributed by atoms with Gasteiger partial charge in [0.25, 0.3) is 5.91 Å². The van der Waals surface area contributed by atoms with Crippen LogP contribution in [-0.2, 0) is 11.3 Å². The number of likely N-dealkylation sites (tertiary alicyclic amines) is 1. The number of amides is 2. The van der Waals surface area contributed by atoms with Gasteiger partial charge in [-0.3, -0.25) is 14.8 Å². The standard InChI is InChI=1S/C29H32Cl2FN5O4/c1-29(2,3)41-28(40)33-22-13-19(31)12-21(32)25(22)27(39)37-11-10-20(16-4-5-16)24(37)15-36-14-23(34-35-36)26(38)17-6-8-18(30)9-7-17/h6-9,12-14,16,20,24,26,38H,4-5,10-11,15H2,1-3H3,(H,33,40). The van der Waals surface area contributed by atoms with E-state index in [2.05, 4.69) is 15.6 Å². The molecule has 2 aliphatic rings. The van der Waals surface area contributed by atoms with Crippen LogP contribution >= 0.6 is 23.2 Å². The lowest BCUT2D eigenvalue weighted by atomic mass is 9.94. The van der Waals surface area contributed by atoms with E-state index in [1.54, 1.807) is 60.8 Å². The monoisotopic (exact) mass is 603 g/mol. The van der Waals surface area contributed by atoms with Gasteiger partial charge in [0.05, 0.1) is 30.0 Å². The van der Waals surface area contributed by atoms with E-state index < -0.39 is 29.5 Å². The lowest BCUT2D eigenvalue weighted by Crippen LogP contribution is -2.42. The van der Waals surface area contributed by atoms with Gasteiger partial charge in [0.1, 0.15) is 23.2 Å². The van der Waals surface area contributed by atoms with E-state index >= 15 is 4.39 Å². The highest BCUT2D eigenvalue weighted by Gasteiger charge is 2.46. The van der Waals surface area contributed by atoms with Crippen LogP contribution in [0.15, 0.2) is 42.6 Å². The zero-order valence-corrected chi connectivity index (χ0v) is 24.5. The van der Waals surface area contributed by atoms with Gasteiger partial charge in [-0.25, -0.2) is 9.18 Å². The van der Waals surface area contributed by atoms with E-state index in [0.29, 0.717) is 35.3 Å². The Labute approximate surface area is 247 Å². The van der Waals surface area contributed by atoms with Crippen LogP contribution in [-0.4, -0.2) is 55.2 Å². The van der Waals surface area contributed by atoms with Gasteiger partial charge >= 0.3 is 6.09 Å². The Morgan fingerprint density at radius 2 is 1.85 bits per heavy atom. The summed E-state index contributed by atoms with van der Waals surface area (Å²) in [7, 11) is 0. The van der Waals surface area contributed by atoms with Crippen molar-refractivity contribution >= 4 is 40.9 Å². The molecule has 2 amide bonds. The minimum absolute atomic E-state index is 0.0355. The number of carbonyl (C=O) groups is 2. The van der Waals surface area contributed by atoms with Gasteiger partial charge in [-0.1, -0.05) is 40.5 Å². The van der Waals surface area contributed by atoms with Crippen molar-refractivity contribution in [3.63, 3.8) is 0 Å². The molecule has 2 N–H and O–H groups in total. The third-order valence-electron chi connectivity index (χ3n) is 7.39. The molecule has 0 spiro atoms. The van der Waals surface area contributed by atoms with Crippen molar-refractivity contribution in [2.45, 2.75) is 64.3 Å². The predicted molar refractivity (Wildman–Crippen MR) is 152 cm³/mol. The zero-order valence-electron chi connectivity index (χ0n) is 23.0. The van der Waals surface area contributed by atoms with Gasteiger partial charge in [0, 0.05) is 16.6 Å². The number of rotatable bonds is 7. The molecule has 2 heterocycles. The molecule has 3 unspecified atom stereocenters. The fourth-order valence-corrected chi connectivity index (χ4v) is 5.75. The summed E-state index contributed by atoms with van der Waals surface area (Å²) >= 11 is 12.1. The molecule has 218 valence electrons. The van der Waals surface area contributed by atoms with Gasteiger partial charge in [-0.2, -0.15) is 0 Å². The minimum atomic E-state index is -0.994. The van der Waals surface area contributed by atoms with E-state index in [9.17, 15) is 14.7 Å². The average molecular weight is 605 g/mol. The molecule has 5 rings (SSSR count). The van der Waals surface area contributed by atoms with Crippen LogP contribution in [0.5, 0.6) is 0 Å². The first-order valence-electron chi connectivity index (χ1n) is 13.5. The van der Waals surface area contributed by atoms with Gasteiger partial charge in [-0.15, -0.1) is 5.10 Å². The van der Waals surface area contributed by atoms with Crippen LogP contribution < -0.4 is 5.32 Å². The molecule has 9 nitrogen and oxygen atoms in total. The quantitative estimate of drug-likeness (QED) is 0.338. The first-order valence-corrected chi connectivity index (χ1v) is 14.3. The maximum atomic E-state index is 15.3. The normalized spacial score (nSPS) is 19.7. The number of aliphatic hydroxyl groups excluding tert-OH is 1. The molecule has 3 atom stereocenters. The summed E-state index contributed by atoms with van der Waals surface area (Å²) in [5.74, 6) is -0.725. The van der Waals surface area contributed by atoms with Gasteiger partial charge < -0.3 is 14.7 Å².